The third kappa shape index (κ3) is 3.99. The van der Waals surface area contributed by atoms with E-state index in [-0.39, 0.29) is 17.6 Å². The predicted molar refractivity (Wildman–Crippen MR) is 119 cm³/mol. The molecule has 7 nitrogen and oxygen atoms in total. The molecule has 7 heteroatoms. The molecule has 0 spiro atoms. The molecule has 0 fully saturated rings. The van der Waals surface area contributed by atoms with E-state index in [0.29, 0.717) is 17.6 Å². The van der Waals surface area contributed by atoms with E-state index < -0.39 is 5.97 Å². The maximum Gasteiger partial charge on any atom is 0.344 e. The van der Waals surface area contributed by atoms with Crippen molar-refractivity contribution in [3.8, 4) is 5.69 Å². The SMILES string of the molecule is CCn1cc(C(=O)OCc2ccc(-n3nc(C)cc3C)cc2)c(=O)c2ccc(C)nc21. The number of hydrogen-bond acceptors (Lipinski definition) is 5. The van der Waals surface area contributed by atoms with E-state index in [2.05, 4.69) is 10.1 Å². The molecule has 3 aromatic heterocycles. The van der Waals surface area contributed by atoms with E-state index in [1.807, 2.05) is 62.7 Å². The second-order valence-corrected chi connectivity index (χ2v) is 7.56. The number of nitrogens with zero attached hydrogens (tertiary/aromatic N) is 4. The van der Waals surface area contributed by atoms with Gasteiger partial charge in [0.25, 0.3) is 0 Å². The minimum Gasteiger partial charge on any atom is -0.457 e. The Labute approximate surface area is 179 Å². The van der Waals surface area contributed by atoms with Crippen LogP contribution in [0.2, 0.25) is 0 Å². The fourth-order valence-corrected chi connectivity index (χ4v) is 3.60. The monoisotopic (exact) mass is 416 g/mol. The number of benzene rings is 1. The summed E-state index contributed by atoms with van der Waals surface area (Å²) in [4.78, 5) is 30.0. The zero-order valence-corrected chi connectivity index (χ0v) is 18.0. The summed E-state index contributed by atoms with van der Waals surface area (Å²) in [6.07, 6.45) is 1.53. The molecule has 0 aliphatic heterocycles. The van der Waals surface area contributed by atoms with Crippen LogP contribution in [0.5, 0.6) is 0 Å². The zero-order valence-electron chi connectivity index (χ0n) is 18.0. The molecule has 4 rings (SSSR count). The summed E-state index contributed by atoms with van der Waals surface area (Å²) in [7, 11) is 0. The third-order valence-electron chi connectivity index (χ3n) is 5.18. The van der Waals surface area contributed by atoms with Crippen LogP contribution in [0.4, 0.5) is 0 Å². The summed E-state index contributed by atoms with van der Waals surface area (Å²) in [5.74, 6) is -0.641. The van der Waals surface area contributed by atoms with E-state index in [4.69, 9.17) is 4.74 Å². The Bertz CT molecular complexity index is 1330. The van der Waals surface area contributed by atoms with Crippen LogP contribution in [-0.4, -0.2) is 25.3 Å². The molecule has 0 atom stereocenters. The van der Waals surface area contributed by atoms with Gasteiger partial charge in [0.05, 0.1) is 16.8 Å². The lowest BCUT2D eigenvalue weighted by atomic mass is 10.1. The van der Waals surface area contributed by atoms with Crippen molar-refractivity contribution in [2.45, 2.75) is 40.8 Å². The molecule has 158 valence electrons. The van der Waals surface area contributed by atoms with Gasteiger partial charge in [-0.15, -0.1) is 0 Å². The number of esters is 1. The number of rotatable bonds is 5. The molecule has 0 unspecified atom stereocenters. The lowest BCUT2D eigenvalue weighted by molar-refractivity contribution is 0.0470. The maximum absolute atomic E-state index is 12.8. The highest BCUT2D eigenvalue weighted by Gasteiger charge is 2.17. The second kappa shape index (κ2) is 8.18. The number of aromatic nitrogens is 4. The molecule has 0 bridgehead atoms. The molecule has 0 aliphatic rings. The molecule has 3 heterocycles. The summed E-state index contributed by atoms with van der Waals surface area (Å²) in [5.41, 5.74) is 4.80. The largest absolute Gasteiger partial charge is 0.457 e. The van der Waals surface area contributed by atoms with Crippen molar-refractivity contribution < 1.29 is 9.53 Å². The quantitative estimate of drug-likeness (QED) is 0.461. The highest BCUT2D eigenvalue weighted by Crippen LogP contribution is 2.15. The Morgan fingerprint density at radius 3 is 2.42 bits per heavy atom. The minimum absolute atomic E-state index is 0.0132. The van der Waals surface area contributed by atoms with Crippen LogP contribution in [0, 0.1) is 20.8 Å². The first-order valence-electron chi connectivity index (χ1n) is 10.2. The Balaban J connectivity index is 1.54. The number of aryl methyl sites for hydroxylation is 4. The van der Waals surface area contributed by atoms with Crippen LogP contribution in [0.15, 0.2) is 53.5 Å². The van der Waals surface area contributed by atoms with E-state index >= 15 is 0 Å². The van der Waals surface area contributed by atoms with Gasteiger partial charge in [-0.05, 0) is 63.6 Å². The molecule has 4 aromatic rings. The number of hydrogen-bond donors (Lipinski definition) is 0. The lowest BCUT2D eigenvalue weighted by Crippen LogP contribution is -2.21. The summed E-state index contributed by atoms with van der Waals surface area (Å²) in [6, 6.07) is 13.1. The maximum atomic E-state index is 12.8. The van der Waals surface area contributed by atoms with Gasteiger partial charge in [-0.1, -0.05) is 12.1 Å². The van der Waals surface area contributed by atoms with Crippen LogP contribution >= 0.6 is 0 Å². The molecular weight excluding hydrogens is 392 g/mol. The van der Waals surface area contributed by atoms with Gasteiger partial charge in [0.1, 0.15) is 17.8 Å². The van der Waals surface area contributed by atoms with Gasteiger partial charge in [-0.25, -0.2) is 14.5 Å². The predicted octanol–water partition coefficient (Wildman–Crippen LogP) is 3.88. The second-order valence-electron chi connectivity index (χ2n) is 7.56. The van der Waals surface area contributed by atoms with Gasteiger partial charge >= 0.3 is 5.97 Å². The topological polar surface area (TPSA) is 79.0 Å². The molecule has 0 N–H and O–H groups in total. The van der Waals surface area contributed by atoms with Gasteiger partial charge in [-0.2, -0.15) is 5.10 Å². The Hall–Kier alpha value is -3.74. The first-order chi connectivity index (χ1) is 14.9. The normalized spacial score (nSPS) is 11.1. The van der Waals surface area contributed by atoms with E-state index in [1.165, 1.54) is 6.20 Å². The standard InChI is InChI=1S/C24H24N4O3/c1-5-27-13-21(22(29)20-11-6-15(2)25-23(20)27)24(30)31-14-18-7-9-19(10-8-18)28-17(4)12-16(3)26-28/h6-13H,5,14H2,1-4H3. The molecule has 31 heavy (non-hydrogen) atoms. The van der Waals surface area contributed by atoms with Crippen molar-refractivity contribution in [2.75, 3.05) is 0 Å². The number of carbonyl (C=O) groups is 1. The average molecular weight is 416 g/mol. The van der Waals surface area contributed by atoms with Crippen LogP contribution in [0.1, 0.15) is 39.9 Å². The third-order valence-corrected chi connectivity index (χ3v) is 5.18. The fourth-order valence-electron chi connectivity index (χ4n) is 3.60. The Kier molecular flexibility index (Phi) is 5.42. The van der Waals surface area contributed by atoms with Crippen LogP contribution < -0.4 is 5.43 Å². The molecule has 0 aliphatic carbocycles. The molecule has 0 saturated carbocycles. The average Bonchev–Trinajstić information content (AvgIpc) is 3.10. The zero-order chi connectivity index (χ0) is 22.1. The first-order valence-corrected chi connectivity index (χ1v) is 10.2. The fraction of sp³-hybridized carbons (Fsp3) is 0.250. The molecule has 0 saturated heterocycles. The summed E-state index contributed by atoms with van der Waals surface area (Å²) >= 11 is 0. The van der Waals surface area contributed by atoms with Gasteiger partial charge in [-0.3, -0.25) is 4.79 Å². The summed E-state index contributed by atoms with van der Waals surface area (Å²) < 4.78 is 9.10. The van der Waals surface area contributed by atoms with Crippen molar-refractivity contribution in [1.29, 1.82) is 0 Å². The smallest absolute Gasteiger partial charge is 0.344 e. The summed E-state index contributed by atoms with van der Waals surface area (Å²) in [5, 5.41) is 4.88. The summed E-state index contributed by atoms with van der Waals surface area (Å²) in [6.45, 7) is 8.42. The van der Waals surface area contributed by atoms with Gasteiger partial charge in [0, 0.05) is 24.1 Å². The molecule has 0 radical (unpaired) electrons. The van der Waals surface area contributed by atoms with Crippen LogP contribution in [0.3, 0.4) is 0 Å². The van der Waals surface area contributed by atoms with Gasteiger partial charge in [0.2, 0.25) is 5.43 Å². The van der Waals surface area contributed by atoms with Gasteiger partial charge in [0.15, 0.2) is 0 Å². The Morgan fingerprint density at radius 2 is 1.77 bits per heavy atom. The van der Waals surface area contributed by atoms with E-state index in [0.717, 1.165) is 28.3 Å². The molecule has 1 aromatic carbocycles. The number of carbonyl (C=O) groups excluding carboxylic acids is 1. The van der Waals surface area contributed by atoms with Gasteiger partial charge < -0.3 is 9.30 Å². The number of ether oxygens (including phenoxy) is 1. The van der Waals surface area contributed by atoms with Crippen molar-refractivity contribution in [1.82, 2.24) is 19.3 Å². The highest BCUT2D eigenvalue weighted by atomic mass is 16.5. The van der Waals surface area contributed by atoms with Crippen molar-refractivity contribution in [3.63, 3.8) is 0 Å². The van der Waals surface area contributed by atoms with Crippen molar-refractivity contribution in [2.24, 2.45) is 0 Å². The lowest BCUT2D eigenvalue weighted by Gasteiger charge is -2.11. The van der Waals surface area contributed by atoms with Crippen LogP contribution in [-0.2, 0) is 17.9 Å². The van der Waals surface area contributed by atoms with Crippen LogP contribution in [0.25, 0.3) is 16.7 Å². The number of pyridine rings is 2. The van der Waals surface area contributed by atoms with Crippen molar-refractivity contribution >= 4 is 17.0 Å². The minimum atomic E-state index is -0.641. The molecular formula is C24H24N4O3. The van der Waals surface area contributed by atoms with E-state index in [1.54, 1.807) is 16.7 Å². The van der Waals surface area contributed by atoms with E-state index in [9.17, 15) is 9.59 Å². The first kappa shape index (κ1) is 20.5. The molecule has 0 amide bonds. The van der Waals surface area contributed by atoms with Crippen molar-refractivity contribution in [3.05, 3.63) is 87.1 Å². The Morgan fingerprint density at radius 1 is 1.03 bits per heavy atom. The number of fused-ring (bicyclic) bond motifs is 1. The highest BCUT2D eigenvalue weighted by molar-refractivity contribution is 5.93.